The molecule has 0 unspecified atom stereocenters. The molecule has 1 aromatic heterocycles. The van der Waals surface area contributed by atoms with Crippen LogP contribution >= 0.6 is 0 Å². The van der Waals surface area contributed by atoms with Crippen LogP contribution in [0.1, 0.15) is 21.5 Å². The second-order valence-electron chi connectivity index (χ2n) is 5.53. The Morgan fingerprint density at radius 2 is 2.00 bits per heavy atom. The first-order chi connectivity index (χ1) is 11.7. The third kappa shape index (κ3) is 4.17. The molecule has 2 heterocycles. The molecule has 6 heteroatoms. The quantitative estimate of drug-likeness (QED) is 0.909. The molecular formula is C18H19N3O3. The molecule has 6 nitrogen and oxygen atoms in total. The predicted molar refractivity (Wildman–Crippen MR) is 91.2 cm³/mol. The summed E-state index contributed by atoms with van der Waals surface area (Å²) in [6.45, 7) is 3.05. The largest absolute Gasteiger partial charge is 0.478 e. The van der Waals surface area contributed by atoms with Crippen LogP contribution in [0.4, 0.5) is 5.95 Å². The summed E-state index contributed by atoms with van der Waals surface area (Å²) in [4.78, 5) is 21.9. The molecule has 1 aromatic carbocycles. The molecule has 1 aliphatic heterocycles. The summed E-state index contributed by atoms with van der Waals surface area (Å²) < 4.78 is 5.32. The summed E-state index contributed by atoms with van der Waals surface area (Å²) in [5.41, 5.74) is 2.18. The smallest absolute Gasteiger partial charge is 0.335 e. The SMILES string of the molecule is O=C(O)c1cccc(CC=Cc2cnc(N3CCOCC3)nc2)c1. The summed E-state index contributed by atoms with van der Waals surface area (Å²) >= 11 is 0. The van der Waals surface area contributed by atoms with Gasteiger partial charge in [0.15, 0.2) is 0 Å². The minimum absolute atomic E-state index is 0.305. The van der Waals surface area contributed by atoms with Crippen LogP contribution in [-0.2, 0) is 11.2 Å². The van der Waals surface area contributed by atoms with E-state index < -0.39 is 5.97 Å². The third-order valence-electron chi connectivity index (χ3n) is 3.79. The fraction of sp³-hybridized carbons (Fsp3) is 0.278. The highest BCUT2D eigenvalue weighted by molar-refractivity contribution is 5.87. The first-order valence-electron chi connectivity index (χ1n) is 7.86. The van der Waals surface area contributed by atoms with E-state index in [4.69, 9.17) is 9.84 Å². The fourth-order valence-electron chi connectivity index (χ4n) is 2.51. The number of nitrogens with zero attached hydrogens (tertiary/aromatic N) is 3. The van der Waals surface area contributed by atoms with Gasteiger partial charge in [0.25, 0.3) is 0 Å². The van der Waals surface area contributed by atoms with Crippen LogP contribution in [0, 0.1) is 0 Å². The zero-order valence-electron chi connectivity index (χ0n) is 13.3. The predicted octanol–water partition coefficient (Wildman–Crippen LogP) is 2.27. The van der Waals surface area contributed by atoms with E-state index in [2.05, 4.69) is 14.9 Å². The van der Waals surface area contributed by atoms with Crippen molar-refractivity contribution in [2.45, 2.75) is 6.42 Å². The summed E-state index contributed by atoms with van der Waals surface area (Å²) in [5.74, 6) is -0.183. The van der Waals surface area contributed by atoms with Gasteiger partial charge in [-0.2, -0.15) is 0 Å². The van der Waals surface area contributed by atoms with E-state index >= 15 is 0 Å². The van der Waals surface area contributed by atoms with Gasteiger partial charge in [-0.1, -0.05) is 24.3 Å². The number of benzene rings is 1. The molecule has 0 spiro atoms. The van der Waals surface area contributed by atoms with Crippen molar-refractivity contribution in [3.05, 3.63) is 59.4 Å². The lowest BCUT2D eigenvalue weighted by Gasteiger charge is -2.26. The number of carboxylic acids is 1. The standard InChI is InChI=1S/C18H19N3O3/c22-17(23)16-6-2-4-14(11-16)3-1-5-15-12-19-18(20-13-15)21-7-9-24-10-8-21/h1-2,4-6,11-13H,3,7-10H2,(H,22,23). The molecule has 0 bridgehead atoms. The highest BCUT2D eigenvalue weighted by Crippen LogP contribution is 2.11. The average molecular weight is 325 g/mol. The van der Waals surface area contributed by atoms with Crippen molar-refractivity contribution in [1.82, 2.24) is 9.97 Å². The normalized spacial score (nSPS) is 14.9. The van der Waals surface area contributed by atoms with Crippen molar-refractivity contribution < 1.29 is 14.6 Å². The van der Waals surface area contributed by atoms with Gasteiger partial charge in [0.05, 0.1) is 18.8 Å². The lowest BCUT2D eigenvalue weighted by molar-refractivity contribution is 0.0696. The van der Waals surface area contributed by atoms with Crippen molar-refractivity contribution >= 4 is 18.0 Å². The molecular weight excluding hydrogens is 306 g/mol. The number of morpholine rings is 1. The molecule has 0 atom stereocenters. The molecule has 1 fully saturated rings. The van der Waals surface area contributed by atoms with Gasteiger partial charge in [-0.15, -0.1) is 0 Å². The van der Waals surface area contributed by atoms with Gasteiger partial charge in [-0.3, -0.25) is 0 Å². The molecule has 0 amide bonds. The molecule has 124 valence electrons. The Kier molecular flexibility index (Phi) is 5.18. The van der Waals surface area contributed by atoms with Crippen molar-refractivity contribution in [3.8, 4) is 0 Å². The van der Waals surface area contributed by atoms with Gasteiger partial charge in [-0.05, 0) is 24.1 Å². The van der Waals surface area contributed by atoms with Crippen LogP contribution < -0.4 is 4.90 Å². The molecule has 0 saturated carbocycles. The van der Waals surface area contributed by atoms with E-state index in [-0.39, 0.29) is 0 Å². The second kappa shape index (κ2) is 7.70. The van der Waals surface area contributed by atoms with Crippen molar-refractivity contribution in [3.63, 3.8) is 0 Å². The van der Waals surface area contributed by atoms with Crippen LogP contribution in [0.5, 0.6) is 0 Å². The lowest BCUT2D eigenvalue weighted by Crippen LogP contribution is -2.37. The Morgan fingerprint density at radius 3 is 2.71 bits per heavy atom. The van der Waals surface area contributed by atoms with Crippen molar-refractivity contribution in [1.29, 1.82) is 0 Å². The number of allylic oxidation sites excluding steroid dienone is 1. The number of aromatic nitrogens is 2. The number of carbonyl (C=O) groups is 1. The third-order valence-corrected chi connectivity index (χ3v) is 3.79. The number of hydrogen-bond acceptors (Lipinski definition) is 5. The van der Waals surface area contributed by atoms with Crippen LogP contribution in [-0.4, -0.2) is 47.3 Å². The number of anilines is 1. The number of aromatic carboxylic acids is 1. The Hall–Kier alpha value is -2.73. The number of rotatable bonds is 5. The lowest BCUT2D eigenvalue weighted by atomic mass is 10.1. The number of ether oxygens (including phenoxy) is 1. The van der Waals surface area contributed by atoms with Crippen LogP contribution in [0.15, 0.2) is 42.7 Å². The number of carboxylic acid groups (broad SMARTS) is 1. The summed E-state index contributed by atoms with van der Waals surface area (Å²) in [7, 11) is 0. The second-order valence-corrected chi connectivity index (χ2v) is 5.53. The first-order valence-corrected chi connectivity index (χ1v) is 7.86. The minimum atomic E-state index is -0.909. The van der Waals surface area contributed by atoms with Crippen molar-refractivity contribution in [2.75, 3.05) is 31.2 Å². The highest BCUT2D eigenvalue weighted by Gasteiger charge is 2.12. The van der Waals surface area contributed by atoms with Crippen LogP contribution in [0.2, 0.25) is 0 Å². The molecule has 2 aromatic rings. The van der Waals surface area contributed by atoms with E-state index in [1.807, 2.05) is 18.2 Å². The average Bonchev–Trinajstić information content (AvgIpc) is 2.63. The van der Waals surface area contributed by atoms with Gasteiger partial charge < -0.3 is 14.7 Å². The zero-order valence-corrected chi connectivity index (χ0v) is 13.3. The van der Waals surface area contributed by atoms with Crippen LogP contribution in [0.3, 0.4) is 0 Å². The molecule has 1 saturated heterocycles. The maximum atomic E-state index is 11.0. The summed E-state index contributed by atoms with van der Waals surface area (Å²) in [5, 5.41) is 9.00. The van der Waals surface area contributed by atoms with Gasteiger partial charge in [0.2, 0.25) is 5.95 Å². The van der Waals surface area contributed by atoms with Crippen molar-refractivity contribution in [2.24, 2.45) is 0 Å². The Morgan fingerprint density at radius 1 is 1.25 bits per heavy atom. The van der Waals surface area contributed by atoms with Crippen LogP contribution in [0.25, 0.3) is 6.08 Å². The van der Waals surface area contributed by atoms with E-state index in [1.54, 1.807) is 30.6 Å². The van der Waals surface area contributed by atoms with Gasteiger partial charge in [0.1, 0.15) is 0 Å². The zero-order chi connectivity index (χ0) is 16.8. The van der Waals surface area contributed by atoms with Gasteiger partial charge in [0, 0.05) is 31.0 Å². The Labute approximate surface area is 140 Å². The van der Waals surface area contributed by atoms with E-state index in [0.717, 1.165) is 30.2 Å². The molecule has 1 N–H and O–H groups in total. The molecule has 24 heavy (non-hydrogen) atoms. The molecule has 1 aliphatic rings. The summed E-state index contributed by atoms with van der Waals surface area (Å²) in [6, 6.07) is 6.94. The molecule has 0 aliphatic carbocycles. The maximum Gasteiger partial charge on any atom is 0.335 e. The Bertz CT molecular complexity index is 723. The Balaban J connectivity index is 1.60. The molecule has 0 radical (unpaired) electrons. The van der Waals surface area contributed by atoms with Gasteiger partial charge >= 0.3 is 5.97 Å². The fourth-order valence-corrected chi connectivity index (χ4v) is 2.51. The molecule has 3 rings (SSSR count). The van der Waals surface area contributed by atoms with E-state index in [0.29, 0.717) is 25.2 Å². The monoisotopic (exact) mass is 325 g/mol. The first kappa shape index (κ1) is 16.1. The topological polar surface area (TPSA) is 75.5 Å². The maximum absolute atomic E-state index is 11.0. The summed E-state index contributed by atoms with van der Waals surface area (Å²) in [6.07, 6.45) is 8.17. The van der Waals surface area contributed by atoms with E-state index in [9.17, 15) is 4.79 Å². The number of hydrogen-bond donors (Lipinski definition) is 1. The minimum Gasteiger partial charge on any atom is -0.478 e. The van der Waals surface area contributed by atoms with E-state index in [1.165, 1.54) is 0 Å². The highest BCUT2D eigenvalue weighted by atomic mass is 16.5. The van der Waals surface area contributed by atoms with Gasteiger partial charge in [-0.25, -0.2) is 14.8 Å².